The van der Waals surface area contributed by atoms with Gasteiger partial charge in [-0.05, 0) is 0 Å². The van der Waals surface area contributed by atoms with E-state index >= 15 is 0 Å². The predicted octanol–water partition coefficient (Wildman–Crippen LogP) is -2.00. The maximum atomic E-state index is 10.9. The number of ketones is 2. The Balaban J connectivity index is 3.37. The number of aliphatic hydroxyl groups is 1. The van der Waals surface area contributed by atoms with E-state index in [0.717, 1.165) is 0 Å². The standard InChI is InChI=1S/C6H7N3O3/c7-1-2(8)5(11)6(12)3(9)4(1)10/h10H,7-9H2. The molecule has 0 aromatic heterocycles. The molecule has 64 valence electrons. The van der Waals surface area contributed by atoms with Gasteiger partial charge in [0.2, 0.25) is 0 Å². The maximum Gasteiger partial charge on any atom is 0.254 e. The van der Waals surface area contributed by atoms with Gasteiger partial charge in [-0.15, -0.1) is 0 Å². The maximum absolute atomic E-state index is 10.9. The van der Waals surface area contributed by atoms with Crippen molar-refractivity contribution in [1.82, 2.24) is 0 Å². The van der Waals surface area contributed by atoms with Gasteiger partial charge in [-0.25, -0.2) is 0 Å². The van der Waals surface area contributed by atoms with Gasteiger partial charge in [0.25, 0.3) is 11.6 Å². The Labute approximate surface area is 67.3 Å². The van der Waals surface area contributed by atoms with Crippen molar-refractivity contribution in [2.75, 3.05) is 0 Å². The molecular weight excluding hydrogens is 162 g/mol. The van der Waals surface area contributed by atoms with Gasteiger partial charge >= 0.3 is 0 Å². The van der Waals surface area contributed by atoms with Gasteiger partial charge in [-0.1, -0.05) is 0 Å². The fourth-order valence-corrected chi connectivity index (χ4v) is 0.747. The molecule has 0 radical (unpaired) electrons. The number of hydrogen-bond donors (Lipinski definition) is 4. The number of carbonyl (C=O) groups excluding carboxylic acids is 2. The van der Waals surface area contributed by atoms with Gasteiger partial charge in [0.05, 0.1) is 0 Å². The Morgan fingerprint density at radius 3 is 1.75 bits per heavy atom. The quantitative estimate of drug-likeness (QED) is 0.245. The van der Waals surface area contributed by atoms with Gasteiger partial charge < -0.3 is 22.3 Å². The van der Waals surface area contributed by atoms with Gasteiger partial charge in [0.15, 0.2) is 5.76 Å². The summed E-state index contributed by atoms with van der Waals surface area (Å²) in [6, 6.07) is 0. The van der Waals surface area contributed by atoms with Gasteiger partial charge in [-0.2, -0.15) is 0 Å². The number of carbonyl (C=O) groups is 2. The molecule has 12 heavy (non-hydrogen) atoms. The van der Waals surface area contributed by atoms with Crippen molar-refractivity contribution in [2.45, 2.75) is 0 Å². The van der Waals surface area contributed by atoms with Crippen molar-refractivity contribution in [3.63, 3.8) is 0 Å². The highest BCUT2D eigenvalue weighted by molar-refractivity contribution is 6.49. The molecule has 1 rings (SSSR count). The highest BCUT2D eigenvalue weighted by Crippen LogP contribution is 2.14. The molecule has 6 heteroatoms. The molecule has 0 aliphatic heterocycles. The van der Waals surface area contributed by atoms with Crippen LogP contribution in [-0.4, -0.2) is 16.7 Å². The molecule has 0 amide bonds. The minimum absolute atomic E-state index is 0.350. The minimum Gasteiger partial charge on any atom is -0.504 e. The molecule has 0 aromatic rings. The third-order valence-electron chi connectivity index (χ3n) is 1.50. The normalized spacial score (nSPS) is 19.0. The highest BCUT2D eigenvalue weighted by atomic mass is 16.3. The molecule has 0 saturated carbocycles. The summed E-state index contributed by atoms with van der Waals surface area (Å²) >= 11 is 0. The van der Waals surface area contributed by atoms with Crippen LogP contribution in [0.4, 0.5) is 0 Å². The lowest BCUT2D eigenvalue weighted by molar-refractivity contribution is -0.132. The third-order valence-corrected chi connectivity index (χ3v) is 1.50. The molecule has 7 N–H and O–H groups in total. The Hall–Kier alpha value is -1.98. The number of hydrogen-bond acceptors (Lipinski definition) is 6. The van der Waals surface area contributed by atoms with Crippen LogP contribution in [0, 0.1) is 0 Å². The summed E-state index contributed by atoms with van der Waals surface area (Å²) in [7, 11) is 0. The molecule has 0 unspecified atom stereocenters. The topological polar surface area (TPSA) is 132 Å². The summed E-state index contributed by atoms with van der Waals surface area (Å²) < 4.78 is 0. The lowest BCUT2D eigenvalue weighted by atomic mass is 10.0. The molecule has 1 aliphatic rings. The molecule has 0 bridgehead atoms. The van der Waals surface area contributed by atoms with Crippen molar-refractivity contribution in [3.05, 3.63) is 22.9 Å². The molecule has 0 fully saturated rings. The van der Waals surface area contributed by atoms with Crippen LogP contribution in [0.2, 0.25) is 0 Å². The van der Waals surface area contributed by atoms with Crippen molar-refractivity contribution >= 4 is 11.6 Å². The average molecular weight is 169 g/mol. The van der Waals surface area contributed by atoms with E-state index in [-0.39, 0.29) is 5.70 Å². The average Bonchev–Trinajstić information content (AvgIpc) is 2.08. The van der Waals surface area contributed by atoms with Crippen LogP contribution in [0.5, 0.6) is 0 Å². The van der Waals surface area contributed by atoms with Gasteiger partial charge in [0.1, 0.15) is 17.1 Å². The highest BCUT2D eigenvalue weighted by Gasteiger charge is 2.30. The largest absolute Gasteiger partial charge is 0.504 e. The summed E-state index contributed by atoms with van der Waals surface area (Å²) in [5, 5.41) is 9.02. The van der Waals surface area contributed by atoms with Crippen LogP contribution in [0.3, 0.4) is 0 Å². The number of aliphatic hydroxyl groups excluding tert-OH is 1. The van der Waals surface area contributed by atoms with Crippen molar-refractivity contribution in [1.29, 1.82) is 0 Å². The molecule has 6 nitrogen and oxygen atoms in total. The minimum atomic E-state index is -1.03. The zero-order valence-electron chi connectivity index (χ0n) is 6.00. The second-order valence-electron chi connectivity index (χ2n) is 2.25. The van der Waals surface area contributed by atoms with Crippen LogP contribution >= 0.6 is 0 Å². The van der Waals surface area contributed by atoms with E-state index in [0.29, 0.717) is 0 Å². The zero-order chi connectivity index (χ0) is 9.46. The first-order valence-electron chi connectivity index (χ1n) is 3.00. The first-order chi connectivity index (χ1) is 5.46. The SMILES string of the molecule is NC1=C(N)C(O)=C(N)C(=O)C1=O. The second-order valence-corrected chi connectivity index (χ2v) is 2.25. The van der Waals surface area contributed by atoms with E-state index in [1.54, 1.807) is 0 Å². The molecule has 1 aliphatic carbocycles. The molecule has 0 atom stereocenters. The molecule has 0 saturated heterocycles. The monoisotopic (exact) mass is 169 g/mol. The van der Waals surface area contributed by atoms with Gasteiger partial charge in [0, 0.05) is 0 Å². The number of nitrogens with two attached hydrogens (primary N) is 3. The zero-order valence-corrected chi connectivity index (χ0v) is 6.00. The van der Waals surface area contributed by atoms with E-state index < -0.39 is 28.7 Å². The van der Waals surface area contributed by atoms with Crippen LogP contribution in [0.1, 0.15) is 0 Å². The van der Waals surface area contributed by atoms with E-state index in [1.165, 1.54) is 0 Å². The lowest BCUT2D eigenvalue weighted by Crippen LogP contribution is -2.35. The van der Waals surface area contributed by atoms with E-state index in [1.807, 2.05) is 0 Å². The van der Waals surface area contributed by atoms with Crippen LogP contribution < -0.4 is 17.2 Å². The molecule has 0 aromatic carbocycles. The van der Waals surface area contributed by atoms with E-state index in [2.05, 4.69) is 0 Å². The summed E-state index contributed by atoms with van der Waals surface area (Å²) in [4.78, 5) is 21.7. The summed E-state index contributed by atoms with van der Waals surface area (Å²) in [5.41, 5.74) is 13.9. The second kappa shape index (κ2) is 2.26. The summed E-state index contributed by atoms with van der Waals surface area (Å²) in [6.45, 7) is 0. The van der Waals surface area contributed by atoms with Crippen molar-refractivity contribution in [3.8, 4) is 0 Å². The van der Waals surface area contributed by atoms with Crippen LogP contribution in [0.25, 0.3) is 0 Å². The first kappa shape index (κ1) is 8.12. The van der Waals surface area contributed by atoms with E-state index in [4.69, 9.17) is 22.3 Å². The number of Topliss-reactive ketones (excluding diaryl/α,β-unsaturated/α-hetero) is 2. The van der Waals surface area contributed by atoms with Crippen LogP contribution in [-0.2, 0) is 9.59 Å². The lowest BCUT2D eigenvalue weighted by Gasteiger charge is -2.12. The fraction of sp³-hybridized carbons (Fsp3) is 0. The summed E-state index contributed by atoms with van der Waals surface area (Å²) in [5.74, 6) is -2.64. The fourth-order valence-electron chi connectivity index (χ4n) is 0.747. The third kappa shape index (κ3) is 0.815. The first-order valence-corrected chi connectivity index (χ1v) is 3.00. The van der Waals surface area contributed by atoms with Crippen molar-refractivity contribution < 1.29 is 14.7 Å². The Morgan fingerprint density at radius 2 is 1.25 bits per heavy atom. The number of allylic oxidation sites excluding steroid dienone is 2. The van der Waals surface area contributed by atoms with Crippen LogP contribution in [0.15, 0.2) is 22.9 Å². The predicted molar refractivity (Wildman–Crippen MR) is 39.3 cm³/mol. The smallest absolute Gasteiger partial charge is 0.254 e. The number of rotatable bonds is 0. The Kier molecular flexibility index (Phi) is 1.53. The molecule has 0 heterocycles. The van der Waals surface area contributed by atoms with Gasteiger partial charge in [-0.3, -0.25) is 9.59 Å². The summed E-state index contributed by atoms with van der Waals surface area (Å²) in [6.07, 6.45) is 0. The van der Waals surface area contributed by atoms with Crippen molar-refractivity contribution in [2.24, 2.45) is 17.2 Å². The Bertz CT molecular complexity index is 291. The Morgan fingerprint density at radius 1 is 0.833 bits per heavy atom. The molecular formula is C6H7N3O3. The van der Waals surface area contributed by atoms with E-state index in [9.17, 15) is 9.59 Å². The molecule has 0 spiro atoms.